The molecule has 0 aliphatic carbocycles. The Kier molecular flexibility index (Phi) is 3.99. The molecule has 2 rings (SSSR count). The molecule has 1 aromatic carbocycles. The molecule has 0 amide bonds. The Morgan fingerprint density at radius 1 is 1.17 bits per heavy atom. The number of nitrogens with zero attached hydrogens (tertiary/aromatic N) is 4. The van der Waals surface area contributed by atoms with Crippen LogP contribution in [0.3, 0.4) is 0 Å². The molecule has 0 spiro atoms. The van der Waals surface area contributed by atoms with E-state index >= 15 is 0 Å². The average molecular weight is 246 g/mol. The van der Waals surface area contributed by atoms with Crippen LogP contribution in [0.25, 0.3) is 10.9 Å². The van der Waals surface area contributed by atoms with Gasteiger partial charge in [0, 0.05) is 32.1 Å². The maximum Gasteiger partial charge on any atom is 0.0682 e. The van der Waals surface area contributed by atoms with Gasteiger partial charge in [0.15, 0.2) is 0 Å². The predicted molar refractivity (Wildman–Crippen MR) is 75.6 cm³/mol. The molecule has 1 aromatic heterocycles. The first-order valence-corrected chi connectivity index (χ1v) is 6.31. The highest BCUT2D eigenvalue weighted by Crippen LogP contribution is 2.18. The third kappa shape index (κ3) is 2.89. The lowest BCUT2D eigenvalue weighted by Crippen LogP contribution is -2.28. The summed E-state index contributed by atoms with van der Waals surface area (Å²) in [5.41, 5.74) is 2.55. The van der Waals surface area contributed by atoms with Crippen molar-refractivity contribution in [2.24, 2.45) is 7.05 Å². The maximum atomic E-state index is 4.33. The lowest BCUT2D eigenvalue weighted by Gasteiger charge is -2.19. The second kappa shape index (κ2) is 5.50. The summed E-state index contributed by atoms with van der Waals surface area (Å²) in [6.07, 6.45) is 1.96. The first-order valence-electron chi connectivity index (χ1n) is 6.31. The highest BCUT2D eigenvalue weighted by molar-refractivity contribution is 5.82. The van der Waals surface area contributed by atoms with E-state index in [1.807, 2.05) is 17.9 Å². The van der Waals surface area contributed by atoms with Gasteiger partial charge in [-0.15, -0.1) is 0 Å². The summed E-state index contributed by atoms with van der Waals surface area (Å²) >= 11 is 0. The summed E-state index contributed by atoms with van der Waals surface area (Å²) < 4.78 is 1.93. The molecule has 0 aliphatic rings. The van der Waals surface area contributed by atoms with E-state index in [1.54, 1.807) is 0 Å². The van der Waals surface area contributed by atoms with E-state index in [4.69, 9.17) is 0 Å². The largest absolute Gasteiger partial charge is 0.308 e. The predicted octanol–water partition coefficient (Wildman–Crippen LogP) is 1.57. The van der Waals surface area contributed by atoms with Gasteiger partial charge in [-0.25, -0.2) is 0 Å². The molecular formula is C14H22N4. The summed E-state index contributed by atoms with van der Waals surface area (Å²) in [6.45, 7) is 3.13. The van der Waals surface area contributed by atoms with Crippen LogP contribution >= 0.6 is 0 Å². The van der Waals surface area contributed by atoms with Gasteiger partial charge in [0.2, 0.25) is 0 Å². The van der Waals surface area contributed by atoms with Crippen molar-refractivity contribution in [3.05, 3.63) is 30.0 Å². The number of hydrogen-bond donors (Lipinski definition) is 0. The van der Waals surface area contributed by atoms with E-state index in [2.05, 4.69) is 54.2 Å². The fraction of sp³-hybridized carbons (Fsp3) is 0.500. The molecule has 0 bridgehead atoms. The van der Waals surface area contributed by atoms with Crippen molar-refractivity contribution in [1.82, 2.24) is 19.6 Å². The van der Waals surface area contributed by atoms with Gasteiger partial charge < -0.3 is 9.80 Å². The molecule has 0 atom stereocenters. The number of likely N-dealkylation sites (N-methyl/N-ethyl adjacent to an activating group) is 2. The van der Waals surface area contributed by atoms with E-state index in [0.717, 1.165) is 19.6 Å². The van der Waals surface area contributed by atoms with E-state index in [-0.39, 0.29) is 0 Å². The van der Waals surface area contributed by atoms with Gasteiger partial charge >= 0.3 is 0 Å². The molecule has 0 N–H and O–H groups in total. The Bertz CT molecular complexity index is 515. The quantitative estimate of drug-likeness (QED) is 0.800. The molecule has 1 heterocycles. The van der Waals surface area contributed by atoms with Crippen molar-refractivity contribution in [2.45, 2.75) is 6.54 Å². The Labute approximate surface area is 109 Å². The fourth-order valence-electron chi connectivity index (χ4n) is 2.12. The average Bonchev–Trinajstić information content (AvgIpc) is 2.70. The van der Waals surface area contributed by atoms with E-state index in [0.29, 0.717) is 0 Å². The van der Waals surface area contributed by atoms with E-state index in [9.17, 15) is 0 Å². The summed E-state index contributed by atoms with van der Waals surface area (Å²) in [6, 6.07) is 6.42. The fourth-order valence-corrected chi connectivity index (χ4v) is 2.12. The van der Waals surface area contributed by atoms with Crippen molar-refractivity contribution in [3.8, 4) is 0 Å². The number of benzene rings is 1. The van der Waals surface area contributed by atoms with Crippen LogP contribution < -0.4 is 0 Å². The van der Waals surface area contributed by atoms with Crippen molar-refractivity contribution in [2.75, 3.05) is 34.2 Å². The summed E-state index contributed by atoms with van der Waals surface area (Å²) in [4.78, 5) is 4.56. The molecule has 0 radical (unpaired) electrons. The molecule has 4 nitrogen and oxygen atoms in total. The maximum absolute atomic E-state index is 4.33. The molecule has 0 aliphatic heterocycles. The van der Waals surface area contributed by atoms with Gasteiger partial charge in [-0.2, -0.15) is 5.10 Å². The van der Waals surface area contributed by atoms with Crippen LogP contribution in [0.15, 0.2) is 24.4 Å². The first-order chi connectivity index (χ1) is 8.58. The Morgan fingerprint density at radius 2 is 1.94 bits per heavy atom. The zero-order valence-electron chi connectivity index (χ0n) is 11.7. The summed E-state index contributed by atoms with van der Waals surface area (Å²) in [5, 5.41) is 5.59. The summed E-state index contributed by atoms with van der Waals surface area (Å²) in [7, 11) is 8.37. The van der Waals surface area contributed by atoms with Gasteiger partial charge in [0.1, 0.15) is 0 Å². The summed E-state index contributed by atoms with van der Waals surface area (Å²) in [5.74, 6) is 0. The molecular weight excluding hydrogens is 224 g/mol. The van der Waals surface area contributed by atoms with Crippen molar-refractivity contribution in [3.63, 3.8) is 0 Å². The number of aryl methyl sites for hydroxylation is 1. The van der Waals surface area contributed by atoms with Crippen molar-refractivity contribution in [1.29, 1.82) is 0 Å². The monoisotopic (exact) mass is 246 g/mol. The molecule has 0 saturated heterocycles. The van der Waals surface area contributed by atoms with Gasteiger partial charge in [-0.05, 0) is 32.8 Å². The van der Waals surface area contributed by atoms with Gasteiger partial charge in [0.05, 0.1) is 11.7 Å². The van der Waals surface area contributed by atoms with Crippen LogP contribution in [0.1, 0.15) is 5.56 Å². The second-order valence-electron chi connectivity index (χ2n) is 5.16. The van der Waals surface area contributed by atoms with Crippen molar-refractivity contribution >= 4 is 10.9 Å². The van der Waals surface area contributed by atoms with Crippen LogP contribution in [0.4, 0.5) is 0 Å². The van der Waals surface area contributed by atoms with Crippen LogP contribution in [-0.2, 0) is 13.6 Å². The Morgan fingerprint density at radius 3 is 2.67 bits per heavy atom. The standard InChI is InChI=1S/C14H22N4/c1-16(2)8-9-17(3)11-12-6-5-7-14-13(12)10-15-18(14)4/h5-7,10H,8-9,11H2,1-4H3. The minimum atomic E-state index is 0.969. The Hall–Kier alpha value is -1.39. The number of rotatable bonds is 5. The van der Waals surface area contributed by atoms with E-state index in [1.165, 1.54) is 16.5 Å². The van der Waals surface area contributed by atoms with E-state index < -0.39 is 0 Å². The zero-order chi connectivity index (χ0) is 13.1. The number of hydrogen-bond acceptors (Lipinski definition) is 3. The van der Waals surface area contributed by atoms with Crippen LogP contribution in [0.2, 0.25) is 0 Å². The highest BCUT2D eigenvalue weighted by atomic mass is 15.2. The minimum Gasteiger partial charge on any atom is -0.308 e. The minimum absolute atomic E-state index is 0.969. The SMILES string of the molecule is CN(C)CCN(C)Cc1cccc2c1cnn2C. The van der Waals surface area contributed by atoms with Crippen LogP contribution in [-0.4, -0.2) is 53.8 Å². The molecule has 0 unspecified atom stereocenters. The van der Waals surface area contributed by atoms with Gasteiger partial charge in [0.25, 0.3) is 0 Å². The third-order valence-corrected chi connectivity index (χ3v) is 3.25. The topological polar surface area (TPSA) is 24.3 Å². The first kappa shape index (κ1) is 13.1. The van der Waals surface area contributed by atoms with Crippen LogP contribution in [0.5, 0.6) is 0 Å². The highest BCUT2D eigenvalue weighted by Gasteiger charge is 2.07. The lowest BCUT2D eigenvalue weighted by atomic mass is 10.1. The Balaban J connectivity index is 2.11. The molecule has 4 heteroatoms. The molecule has 0 saturated carbocycles. The lowest BCUT2D eigenvalue weighted by molar-refractivity contribution is 0.277. The smallest absolute Gasteiger partial charge is 0.0682 e. The van der Waals surface area contributed by atoms with Gasteiger partial charge in [-0.3, -0.25) is 4.68 Å². The molecule has 0 fully saturated rings. The van der Waals surface area contributed by atoms with Crippen LogP contribution in [0, 0.1) is 0 Å². The second-order valence-corrected chi connectivity index (χ2v) is 5.16. The normalized spacial score (nSPS) is 11.9. The van der Waals surface area contributed by atoms with Crippen molar-refractivity contribution < 1.29 is 0 Å². The number of fused-ring (bicyclic) bond motifs is 1. The third-order valence-electron chi connectivity index (χ3n) is 3.25. The zero-order valence-corrected chi connectivity index (χ0v) is 11.7. The molecule has 18 heavy (non-hydrogen) atoms. The van der Waals surface area contributed by atoms with Gasteiger partial charge in [-0.1, -0.05) is 12.1 Å². The number of aromatic nitrogens is 2. The molecule has 2 aromatic rings. The molecule has 98 valence electrons.